The Balaban J connectivity index is 0. The summed E-state index contributed by atoms with van der Waals surface area (Å²) in [5.41, 5.74) is 0. The fourth-order valence-corrected chi connectivity index (χ4v) is 3.39. The van der Waals surface area contributed by atoms with Crippen molar-refractivity contribution in [3.63, 3.8) is 0 Å². The molecule has 5 heteroatoms. The third kappa shape index (κ3) is 5.09. The van der Waals surface area contributed by atoms with Gasteiger partial charge in [-0.1, -0.05) is 52.4 Å². The topological polar surface area (TPSA) is 74.6 Å². The van der Waals surface area contributed by atoms with Gasteiger partial charge >= 0.3 is 41.5 Å². The maximum absolute atomic E-state index is 11.1. The van der Waals surface area contributed by atoms with E-state index >= 15 is 0 Å². The van der Waals surface area contributed by atoms with Crippen molar-refractivity contribution in [2.24, 2.45) is 23.7 Å². The molecule has 2 unspecified atom stereocenters. The van der Waals surface area contributed by atoms with Crippen LogP contribution < -0.4 is 29.6 Å². The van der Waals surface area contributed by atoms with Crippen LogP contribution in [0.2, 0.25) is 0 Å². The molecule has 1 fully saturated rings. The largest absolute Gasteiger partial charge is 1.00 e. The van der Waals surface area contributed by atoms with Gasteiger partial charge in [0.05, 0.1) is 0 Å². The van der Waals surface area contributed by atoms with Crippen LogP contribution >= 0.6 is 0 Å². The molecule has 1 aliphatic rings. The van der Waals surface area contributed by atoms with Gasteiger partial charge in [-0.2, -0.15) is 0 Å². The first-order valence-electron chi connectivity index (χ1n) is 6.94. The van der Waals surface area contributed by atoms with Gasteiger partial charge in [0, 0.05) is 0 Å². The Morgan fingerprint density at radius 3 is 2.00 bits per heavy atom. The van der Waals surface area contributed by atoms with E-state index in [1.165, 1.54) is 19.3 Å². The normalized spacial score (nSPS) is 19.5. The number of hydrogen-bond donors (Lipinski definition) is 2. The average molecular weight is 280 g/mol. The summed E-state index contributed by atoms with van der Waals surface area (Å²) >= 11 is 0. The van der Waals surface area contributed by atoms with Crippen molar-refractivity contribution in [2.45, 2.75) is 52.4 Å². The molecule has 0 saturated heterocycles. The molecule has 4 nitrogen and oxygen atoms in total. The monoisotopic (exact) mass is 280 g/mol. The van der Waals surface area contributed by atoms with E-state index < -0.39 is 17.9 Å². The standard InChI is InChI=1S/C14H24O4.Na.H/c1-3-11(12(13(15)16)14(17)18)9(2)10-7-5-4-6-8-10;;/h9-12H,3-8H2,1-2H3,(H,15,16)(H,17,18);;/q;+1;-1. The molecule has 2 atom stereocenters. The number of rotatable bonds is 6. The van der Waals surface area contributed by atoms with E-state index in [0.29, 0.717) is 12.3 Å². The average Bonchev–Trinajstić information content (AvgIpc) is 2.35. The van der Waals surface area contributed by atoms with E-state index in [-0.39, 0.29) is 42.8 Å². The van der Waals surface area contributed by atoms with Crippen molar-refractivity contribution < 1.29 is 50.8 Å². The summed E-state index contributed by atoms with van der Waals surface area (Å²) < 4.78 is 0. The first kappa shape index (κ1) is 18.9. The Labute approximate surface area is 138 Å². The fourth-order valence-electron chi connectivity index (χ4n) is 3.39. The molecule has 0 bridgehead atoms. The van der Waals surface area contributed by atoms with Gasteiger partial charge < -0.3 is 11.6 Å². The van der Waals surface area contributed by atoms with Crippen molar-refractivity contribution in [3.8, 4) is 0 Å². The first-order valence-corrected chi connectivity index (χ1v) is 6.94. The van der Waals surface area contributed by atoms with E-state index in [2.05, 4.69) is 0 Å². The molecule has 0 aromatic carbocycles. The van der Waals surface area contributed by atoms with Gasteiger partial charge in [0.1, 0.15) is 0 Å². The molecule has 0 aromatic rings. The summed E-state index contributed by atoms with van der Waals surface area (Å²) in [5, 5.41) is 18.2. The molecule has 0 spiro atoms. The van der Waals surface area contributed by atoms with Crippen molar-refractivity contribution in [1.82, 2.24) is 0 Å². The van der Waals surface area contributed by atoms with Gasteiger partial charge in [0.2, 0.25) is 0 Å². The molecule has 1 rings (SSSR count). The van der Waals surface area contributed by atoms with E-state index in [0.717, 1.165) is 12.8 Å². The van der Waals surface area contributed by atoms with Gasteiger partial charge in [0.25, 0.3) is 0 Å². The summed E-state index contributed by atoms with van der Waals surface area (Å²) in [6, 6.07) is 0. The third-order valence-corrected chi connectivity index (χ3v) is 4.50. The third-order valence-electron chi connectivity index (χ3n) is 4.50. The zero-order valence-electron chi connectivity index (χ0n) is 13.3. The predicted molar refractivity (Wildman–Crippen MR) is 69.4 cm³/mol. The van der Waals surface area contributed by atoms with Crippen molar-refractivity contribution in [3.05, 3.63) is 0 Å². The van der Waals surface area contributed by atoms with Gasteiger partial charge in [-0.25, -0.2) is 0 Å². The van der Waals surface area contributed by atoms with Crippen molar-refractivity contribution in [1.29, 1.82) is 0 Å². The molecule has 0 radical (unpaired) electrons. The fraction of sp³-hybridized carbons (Fsp3) is 0.857. The number of carbonyl (C=O) groups is 2. The molecule has 0 amide bonds. The van der Waals surface area contributed by atoms with Crippen LogP contribution in [0.5, 0.6) is 0 Å². The minimum absolute atomic E-state index is 0. The molecule has 0 aliphatic heterocycles. The Hall–Kier alpha value is -0.0600. The van der Waals surface area contributed by atoms with Crippen LogP contribution in [0.4, 0.5) is 0 Å². The quantitative estimate of drug-likeness (QED) is 0.536. The van der Waals surface area contributed by atoms with Crippen LogP contribution in [0.3, 0.4) is 0 Å². The van der Waals surface area contributed by atoms with E-state index in [1.54, 1.807) is 0 Å². The van der Waals surface area contributed by atoms with Gasteiger partial charge in [-0.05, 0) is 17.8 Å². The maximum Gasteiger partial charge on any atom is 1.00 e. The number of hydrogen-bond acceptors (Lipinski definition) is 2. The van der Waals surface area contributed by atoms with E-state index in [1.807, 2.05) is 13.8 Å². The molecule has 1 saturated carbocycles. The number of aliphatic carboxylic acids is 2. The van der Waals surface area contributed by atoms with Crippen LogP contribution in [0.1, 0.15) is 53.8 Å². The second-order valence-corrected chi connectivity index (χ2v) is 5.48. The zero-order valence-corrected chi connectivity index (χ0v) is 14.3. The Morgan fingerprint density at radius 2 is 1.63 bits per heavy atom. The Morgan fingerprint density at radius 1 is 1.16 bits per heavy atom. The maximum atomic E-state index is 11.1. The van der Waals surface area contributed by atoms with Crippen LogP contribution in [-0.2, 0) is 9.59 Å². The van der Waals surface area contributed by atoms with Gasteiger partial charge in [-0.3, -0.25) is 9.59 Å². The van der Waals surface area contributed by atoms with Crippen LogP contribution in [0.25, 0.3) is 0 Å². The smallest absolute Gasteiger partial charge is 1.00 e. The van der Waals surface area contributed by atoms with E-state index in [4.69, 9.17) is 10.2 Å². The zero-order chi connectivity index (χ0) is 13.7. The molecule has 1 aliphatic carbocycles. The van der Waals surface area contributed by atoms with E-state index in [9.17, 15) is 9.59 Å². The summed E-state index contributed by atoms with van der Waals surface area (Å²) in [7, 11) is 0. The number of carboxylic acid groups (broad SMARTS) is 2. The molecule has 0 aromatic heterocycles. The van der Waals surface area contributed by atoms with Gasteiger partial charge in [-0.15, -0.1) is 0 Å². The Bertz CT molecular complexity index is 292. The van der Waals surface area contributed by atoms with Crippen molar-refractivity contribution >= 4 is 11.9 Å². The van der Waals surface area contributed by atoms with Gasteiger partial charge in [0.15, 0.2) is 5.92 Å². The summed E-state index contributed by atoms with van der Waals surface area (Å²) in [6.45, 7) is 3.92. The van der Waals surface area contributed by atoms with Crippen LogP contribution in [0.15, 0.2) is 0 Å². The molecular weight excluding hydrogens is 255 g/mol. The summed E-state index contributed by atoms with van der Waals surface area (Å²) in [4.78, 5) is 22.3. The minimum atomic E-state index is -1.26. The SMILES string of the molecule is CCC(C(C(=O)O)C(=O)O)C(C)C1CCCCC1.[H-].[Na+]. The molecule has 19 heavy (non-hydrogen) atoms. The molecule has 2 N–H and O–H groups in total. The molecule has 0 heterocycles. The van der Waals surface area contributed by atoms with Crippen molar-refractivity contribution in [2.75, 3.05) is 0 Å². The second-order valence-electron chi connectivity index (χ2n) is 5.48. The number of carboxylic acids is 2. The van der Waals surface area contributed by atoms with Crippen LogP contribution in [0, 0.1) is 23.7 Å². The van der Waals surface area contributed by atoms with Crippen LogP contribution in [-0.4, -0.2) is 22.2 Å². The second kappa shape index (κ2) is 8.98. The first-order chi connectivity index (χ1) is 8.49. The molecular formula is C14H25NaO4. The summed E-state index contributed by atoms with van der Waals surface area (Å²) in [5.74, 6) is -3.25. The predicted octanol–water partition coefficient (Wildman–Crippen LogP) is 0.131. The minimum Gasteiger partial charge on any atom is -1.00 e. The Kier molecular flexibility index (Phi) is 8.95. The summed E-state index contributed by atoms with van der Waals surface area (Å²) in [6.07, 6.45) is 6.47. The molecule has 106 valence electrons.